The Kier molecular flexibility index (Phi) is 6.83. The molecule has 5 nitrogen and oxygen atoms in total. The molecule has 2 atom stereocenters. The van der Waals surface area contributed by atoms with Crippen LogP contribution in [0.5, 0.6) is 0 Å². The van der Waals surface area contributed by atoms with Crippen LogP contribution in [0.4, 0.5) is 14.5 Å². The lowest BCUT2D eigenvalue weighted by molar-refractivity contribution is -0.938. The van der Waals surface area contributed by atoms with Crippen molar-refractivity contribution >= 4 is 17.4 Å². The summed E-state index contributed by atoms with van der Waals surface area (Å²) in [5, 5.41) is 3.12. The molecule has 3 aliphatic rings. The van der Waals surface area contributed by atoms with E-state index in [4.69, 9.17) is 4.74 Å². The molecule has 2 bridgehead atoms. The fourth-order valence-corrected chi connectivity index (χ4v) is 5.46. The third-order valence-electron chi connectivity index (χ3n) is 7.48. The second-order valence-corrected chi connectivity index (χ2v) is 9.87. The van der Waals surface area contributed by atoms with Gasteiger partial charge in [-0.3, -0.25) is 4.79 Å². The molecule has 3 heterocycles. The molecule has 6 rings (SSSR count). The monoisotopic (exact) mass is 491 g/mol. The summed E-state index contributed by atoms with van der Waals surface area (Å²) in [5.41, 5.74) is 1.80. The fraction of sp³-hybridized carbons (Fsp3) is 0.310. The highest BCUT2D eigenvalue weighted by atomic mass is 19.1. The Hall–Kier alpha value is -3.58. The normalized spacial score (nSPS) is 23.6. The van der Waals surface area contributed by atoms with Gasteiger partial charge in [0.1, 0.15) is 24.7 Å². The van der Waals surface area contributed by atoms with E-state index in [-0.39, 0.29) is 23.6 Å². The van der Waals surface area contributed by atoms with Crippen LogP contribution in [-0.4, -0.2) is 48.5 Å². The van der Waals surface area contributed by atoms with E-state index in [9.17, 15) is 18.4 Å². The molecule has 0 aromatic heterocycles. The maximum absolute atomic E-state index is 13.6. The molecule has 0 spiro atoms. The topological polar surface area (TPSA) is 55.4 Å². The number of ether oxygens (including phenoxy) is 1. The summed E-state index contributed by atoms with van der Waals surface area (Å²) in [5.74, 6) is -0.909. The number of hydrogen-bond donors (Lipinski definition) is 1. The van der Waals surface area contributed by atoms with Crippen molar-refractivity contribution in [2.24, 2.45) is 5.92 Å². The average molecular weight is 492 g/mol. The van der Waals surface area contributed by atoms with Gasteiger partial charge in [0.25, 0.3) is 0 Å². The van der Waals surface area contributed by atoms with Gasteiger partial charge in [-0.15, -0.1) is 0 Å². The van der Waals surface area contributed by atoms with Crippen molar-refractivity contribution < 1.29 is 27.6 Å². The number of nitrogens with zero attached hydrogens (tertiary/aromatic N) is 1. The summed E-state index contributed by atoms with van der Waals surface area (Å²) < 4.78 is 33.7. The van der Waals surface area contributed by atoms with E-state index < -0.39 is 17.8 Å². The number of benzene rings is 3. The van der Waals surface area contributed by atoms with Crippen LogP contribution in [0.3, 0.4) is 0 Å². The molecule has 36 heavy (non-hydrogen) atoms. The lowest BCUT2D eigenvalue weighted by Crippen LogP contribution is -2.65. The summed E-state index contributed by atoms with van der Waals surface area (Å²) in [6, 6.07) is 19.8. The van der Waals surface area contributed by atoms with Gasteiger partial charge in [0.15, 0.2) is 12.1 Å². The van der Waals surface area contributed by atoms with Gasteiger partial charge >= 0.3 is 5.97 Å². The smallest absolute Gasteiger partial charge is 0.333 e. The summed E-state index contributed by atoms with van der Waals surface area (Å²) in [6.07, 6.45) is 1.49. The number of hydrogen-bond acceptors (Lipinski definition) is 4. The number of halogens is 2. The number of nitrogens with one attached hydrogen (secondary N) is 1. The zero-order valence-electron chi connectivity index (χ0n) is 19.9. The van der Waals surface area contributed by atoms with Crippen LogP contribution >= 0.6 is 0 Å². The SMILES string of the molecule is O=C(C[N+]12CCC(CC1)[C@@H](OC(=O)C(Nc1ccc(F)cc1)c1ccc(F)cc1)C2)c1ccccc1. The van der Waals surface area contributed by atoms with Gasteiger partial charge < -0.3 is 14.5 Å². The summed E-state index contributed by atoms with van der Waals surface area (Å²) in [6.45, 7) is 2.78. The van der Waals surface area contributed by atoms with Crippen LogP contribution in [0, 0.1) is 17.6 Å². The Balaban J connectivity index is 1.32. The van der Waals surface area contributed by atoms with Crippen molar-refractivity contribution in [3.63, 3.8) is 0 Å². The second kappa shape index (κ2) is 10.2. The van der Waals surface area contributed by atoms with Gasteiger partial charge in [0.05, 0.1) is 13.1 Å². The first kappa shape index (κ1) is 24.1. The second-order valence-electron chi connectivity index (χ2n) is 9.87. The Morgan fingerprint density at radius 2 is 1.50 bits per heavy atom. The zero-order chi connectivity index (χ0) is 25.1. The van der Waals surface area contributed by atoms with Gasteiger partial charge in [-0.2, -0.15) is 0 Å². The molecule has 1 N–H and O–H groups in total. The Morgan fingerprint density at radius 3 is 2.14 bits per heavy atom. The number of esters is 1. The highest BCUT2D eigenvalue weighted by Gasteiger charge is 2.49. The van der Waals surface area contributed by atoms with Crippen LogP contribution in [0.15, 0.2) is 78.9 Å². The lowest BCUT2D eigenvalue weighted by atomic mass is 9.82. The maximum Gasteiger partial charge on any atom is 0.333 e. The molecular weight excluding hydrogens is 462 g/mol. The van der Waals surface area contributed by atoms with Crippen LogP contribution < -0.4 is 5.32 Å². The molecule has 0 saturated carbocycles. The van der Waals surface area contributed by atoms with Gasteiger partial charge in [-0.25, -0.2) is 13.6 Å². The van der Waals surface area contributed by atoms with Gasteiger partial charge in [-0.1, -0.05) is 42.5 Å². The number of piperidine rings is 3. The summed E-state index contributed by atoms with van der Waals surface area (Å²) in [7, 11) is 0. The quantitative estimate of drug-likeness (QED) is 0.269. The van der Waals surface area contributed by atoms with Crippen LogP contribution in [0.25, 0.3) is 0 Å². The molecule has 7 heteroatoms. The highest BCUT2D eigenvalue weighted by molar-refractivity contribution is 5.97. The molecule has 0 amide bonds. The molecule has 0 radical (unpaired) electrons. The summed E-state index contributed by atoms with van der Waals surface area (Å²) >= 11 is 0. The van der Waals surface area contributed by atoms with Crippen molar-refractivity contribution in [3.05, 3.63) is 102 Å². The van der Waals surface area contributed by atoms with Crippen molar-refractivity contribution in [2.75, 3.05) is 31.5 Å². The molecule has 3 aliphatic heterocycles. The molecule has 1 unspecified atom stereocenters. The van der Waals surface area contributed by atoms with Crippen LogP contribution in [-0.2, 0) is 9.53 Å². The van der Waals surface area contributed by atoms with Crippen LogP contribution in [0.2, 0.25) is 0 Å². The molecule has 186 valence electrons. The van der Waals surface area contributed by atoms with Crippen LogP contribution in [0.1, 0.15) is 34.8 Å². The number of fused-ring (bicyclic) bond motifs is 3. The van der Waals surface area contributed by atoms with E-state index in [0.29, 0.717) is 34.4 Å². The Labute approximate surface area is 209 Å². The molecule has 3 aromatic carbocycles. The van der Waals surface area contributed by atoms with Crippen molar-refractivity contribution in [3.8, 4) is 0 Å². The number of anilines is 1. The first-order valence-corrected chi connectivity index (χ1v) is 12.3. The minimum absolute atomic E-state index is 0.100. The first-order valence-electron chi connectivity index (χ1n) is 12.3. The molecule has 0 aliphatic carbocycles. The highest BCUT2D eigenvalue weighted by Crippen LogP contribution is 2.36. The third-order valence-corrected chi connectivity index (χ3v) is 7.48. The fourth-order valence-electron chi connectivity index (χ4n) is 5.46. The predicted molar refractivity (Wildman–Crippen MR) is 132 cm³/mol. The van der Waals surface area contributed by atoms with E-state index >= 15 is 0 Å². The Morgan fingerprint density at radius 1 is 0.889 bits per heavy atom. The van der Waals surface area contributed by atoms with Crippen molar-refractivity contribution in [1.29, 1.82) is 0 Å². The Bertz CT molecular complexity index is 1210. The van der Waals surface area contributed by atoms with Gasteiger partial charge in [0.2, 0.25) is 5.78 Å². The van der Waals surface area contributed by atoms with Crippen molar-refractivity contribution in [1.82, 2.24) is 0 Å². The first-order chi connectivity index (χ1) is 17.4. The van der Waals surface area contributed by atoms with E-state index in [1.165, 1.54) is 24.3 Å². The van der Waals surface area contributed by atoms with Gasteiger partial charge in [0, 0.05) is 30.0 Å². The number of Topliss-reactive ketones (excluding diaryl/α,β-unsaturated/α-hetero) is 1. The number of ketones is 1. The van der Waals surface area contributed by atoms with Gasteiger partial charge in [-0.05, 0) is 42.0 Å². The van der Waals surface area contributed by atoms with E-state index in [1.807, 2.05) is 30.3 Å². The number of carbonyl (C=O) groups excluding carboxylic acids is 2. The molecular formula is C29H29F2N2O3+. The van der Waals surface area contributed by atoms with E-state index in [1.54, 1.807) is 24.3 Å². The number of rotatable bonds is 8. The molecule has 3 fully saturated rings. The van der Waals surface area contributed by atoms with E-state index in [2.05, 4.69) is 5.32 Å². The number of carbonyl (C=O) groups is 2. The molecule has 3 aromatic rings. The maximum atomic E-state index is 13.6. The minimum Gasteiger partial charge on any atom is -0.454 e. The standard InChI is InChI=1S/C29H29F2N2O3/c30-23-8-6-22(7-9-23)28(32-25-12-10-24(31)11-13-25)29(35)36-27-19-33(16-14-21(27)15-17-33)18-26(34)20-4-2-1-3-5-20/h1-13,21,27-28,32H,14-19H2/q+1/t21?,27-,28?,33?/m0/s1. The largest absolute Gasteiger partial charge is 0.454 e. The minimum atomic E-state index is -0.883. The van der Waals surface area contributed by atoms with Crippen molar-refractivity contribution in [2.45, 2.75) is 25.0 Å². The number of quaternary nitrogens is 1. The average Bonchev–Trinajstić information content (AvgIpc) is 2.90. The third kappa shape index (κ3) is 5.31. The van der Waals surface area contributed by atoms with E-state index in [0.717, 1.165) is 25.9 Å². The lowest BCUT2D eigenvalue weighted by Gasteiger charge is -2.51. The summed E-state index contributed by atoms with van der Waals surface area (Å²) in [4.78, 5) is 26.4. The zero-order valence-corrected chi connectivity index (χ0v) is 19.9. The molecule has 3 saturated heterocycles. The predicted octanol–water partition coefficient (Wildman–Crippen LogP) is 5.15.